The number of amides is 1. The zero-order valence-corrected chi connectivity index (χ0v) is 15.7. The smallest absolute Gasteiger partial charge is 0.220 e. The molecule has 0 aliphatic rings. The molecule has 27 heavy (non-hydrogen) atoms. The maximum absolute atomic E-state index is 12.2. The molecular formula is C22H23NO4. The molecule has 140 valence electrons. The Morgan fingerprint density at radius 1 is 1.04 bits per heavy atom. The second kappa shape index (κ2) is 7.99. The summed E-state index contributed by atoms with van der Waals surface area (Å²) < 4.78 is 10.7. The Bertz CT molecular complexity index is 968. The van der Waals surface area contributed by atoms with E-state index < -0.39 is 6.04 Å². The normalized spacial score (nSPS) is 11.8. The lowest BCUT2D eigenvalue weighted by Gasteiger charge is -2.23. The lowest BCUT2D eigenvalue weighted by Crippen LogP contribution is -2.28. The van der Waals surface area contributed by atoms with E-state index in [4.69, 9.17) is 9.47 Å². The van der Waals surface area contributed by atoms with Crippen LogP contribution in [0.5, 0.6) is 17.2 Å². The van der Waals surface area contributed by atoms with E-state index in [1.807, 2.05) is 42.5 Å². The van der Waals surface area contributed by atoms with E-state index in [1.54, 1.807) is 33.3 Å². The van der Waals surface area contributed by atoms with E-state index in [1.165, 1.54) is 0 Å². The average molecular weight is 365 g/mol. The SMILES string of the molecule is CCC(=O)N[C@@H](c1ccc(OC)c(OC)c1)c1c(O)ccc2ccccc12. The Labute approximate surface area is 158 Å². The molecule has 0 unspecified atom stereocenters. The Kier molecular flexibility index (Phi) is 5.50. The molecule has 0 fully saturated rings. The summed E-state index contributed by atoms with van der Waals surface area (Å²) in [5.41, 5.74) is 1.45. The van der Waals surface area contributed by atoms with Crippen molar-refractivity contribution in [2.45, 2.75) is 19.4 Å². The number of hydrogen-bond donors (Lipinski definition) is 2. The highest BCUT2D eigenvalue weighted by atomic mass is 16.5. The zero-order valence-electron chi connectivity index (χ0n) is 15.7. The fourth-order valence-electron chi connectivity index (χ4n) is 3.21. The minimum Gasteiger partial charge on any atom is -0.508 e. The van der Waals surface area contributed by atoms with Gasteiger partial charge in [-0.3, -0.25) is 4.79 Å². The second-order valence-electron chi connectivity index (χ2n) is 6.19. The van der Waals surface area contributed by atoms with Crippen molar-refractivity contribution in [1.29, 1.82) is 0 Å². The van der Waals surface area contributed by atoms with Crippen LogP contribution in [0.1, 0.15) is 30.5 Å². The molecule has 3 aromatic rings. The Morgan fingerprint density at radius 3 is 2.48 bits per heavy atom. The number of methoxy groups -OCH3 is 2. The van der Waals surface area contributed by atoms with Crippen molar-refractivity contribution in [3.63, 3.8) is 0 Å². The van der Waals surface area contributed by atoms with Crippen LogP contribution in [0.15, 0.2) is 54.6 Å². The molecule has 0 bridgehead atoms. The number of rotatable bonds is 6. The van der Waals surface area contributed by atoms with E-state index in [-0.39, 0.29) is 11.7 Å². The van der Waals surface area contributed by atoms with E-state index in [0.29, 0.717) is 23.5 Å². The molecule has 0 aliphatic heterocycles. The van der Waals surface area contributed by atoms with E-state index >= 15 is 0 Å². The molecule has 0 radical (unpaired) electrons. The highest BCUT2D eigenvalue weighted by Crippen LogP contribution is 2.38. The molecule has 3 aromatic carbocycles. The van der Waals surface area contributed by atoms with Gasteiger partial charge in [-0.15, -0.1) is 0 Å². The first-order valence-electron chi connectivity index (χ1n) is 8.81. The number of fused-ring (bicyclic) bond motifs is 1. The molecule has 0 aromatic heterocycles. The molecular weight excluding hydrogens is 342 g/mol. The number of phenols is 1. The number of nitrogens with one attached hydrogen (secondary N) is 1. The van der Waals surface area contributed by atoms with Gasteiger partial charge in [-0.1, -0.05) is 43.3 Å². The fourth-order valence-corrected chi connectivity index (χ4v) is 3.21. The van der Waals surface area contributed by atoms with Crippen molar-refractivity contribution in [3.05, 3.63) is 65.7 Å². The molecule has 0 saturated carbocycles. The quantitative estimate of drug-likeness (QED) is 0.688. The summed E-state index contributed by atoms with van der Waals surface area (Å²) in [5.74, 6) is 1.18. The summed E-state index contributed by atoms with van der Waals surface area (Å²) >= 11 is 0. The van der Waals surface area contributed by atoms with Gasteiger partial charge in [0.2, 0.25) is 5.91 Å². The first-order chi connectivity index (χ1) is 13.1. The van der Waals surface area contributed by atoms with Crippen LogP contribution in [0.2, 0.25) is 0 Å². The number of phenolic OH excluding ortho intramolecular Hbond substituents is 1. The van der Waals surface area contributed by atoms with Crippen LogP contribution >= 0.6 is 0 Å². The third-order valence-corrected chi connectivity index (χ3v) is 4.60. The van der Waals surface area contributed by atoms with Crippen LogP contribution in [0.3, 0.4) is 0 Å². The minimum atomic E-state index is -0.525. The molecule has 1 amide bonds. The zero-order chi connectivity index (χ0) is 19.4. The summed E-state index contributed by atoms with van der Waals surface area (Å²) in [6.45, 7) is 1.80. The van der Waals surface area contributed by atoms with Gasteiger partial charge >= 0.3 is 0 Å². The van der Waals surface area contributed by atoms with Crippen LogP contribution in [0, 0.1) is 0 Å². The third kappa shape index (κ3) is 3.67. The highest BCUT2D eigenvalue weighted by molar-refractivity contribution is 5.89. The van der Waals surface area contributed by atoms with Crippen LogP contribution < -0.4 is 14.8 Å². The van der Waals surface area contributed by atoms with Crippen molar-refractivity contribution in [2.24, 2.45) is 0 Å². The van der Waals surface area contributed by atoms with E-state index in [0.717, 1.165) is 16.3 Å². The molecule has 1 atom stereocenters. The van der Waals surface area contributed by atoms with Crippen LogP contribution in [0.4, 0.5) is 0 Å². The topological polar surface area (TPSA) is 67.8 Å². The Hall–Kier alpha value is -3.21. The first-order valence-corrected chi connectivity index (χ1v) is 8.81. The Balaban J connectivity index is 2.22. The van der Waals surface area contributed by atoms with Gasteiger partial charge in [0.05, 0.1) is 20.3 Å². The van der Waals surface area contributed by atoms with Crippen molar-refractivity contribution in [2.75, 3.05) is 14.2 Å². The number of ether oxygens (including phenoxy) is 2. The fraction of sp³-hybridized carbons (Fsp3) is 0.227. The minimum absolute atomic E-state index is 0.109. The molecule has 0 aliphatic carbocycles. The number of aromatic hydroxyl groups is 1. The van der Waals surface area contributed by atoms with Gasteiger partial charge in [0.15, 0.2) is 11.5 Å². The van der Waals surface area contributed by atoms with E-state index in [9.17, 15) is 9.90 Å². The van der Waals surface area contributed by atoms with Crippen molar-refractivity contribution >= 4 is 16.7 Å². The van der Waals surface area contributed by atoms with Gasteiger partial charge in [-0.25, -0.2) is 0 Å². The predicted octanol–water partition coefficient (Wildman–Crippen LogP) is 4.18. The van der Waals surface area contributed by atoms with Crippen molar-refractivity contribution < 1.29 is 19.4 Å². The highest BCUT2D eigenvalue weighted by Gasteiger charge is 2.23. The maximum Gasteiger partial charge on any atom is 0.220 e. The lowest BCUT2D eigenvalue weighted by molar-refractivity contribution is -0.121. The van der Waals surface area contributed by atoms with E-state index in [2.05, 4.69) is 5.32 Å². The molecule has 5 heteroatoms. The third-order valence-electron chi connectivity index (χ3n) is 4.60. The van der Waals surface area contributed by atoms with Gasteiger partial charge in [0.25, 0.3) is 0 Å². The van der Waals surface area contributed by atoms with Crippen LogP contribution in [-0.4, -0.2) is 25.2 Å². The molecule has 5 nitrogen and oxygen atoms in total. The van der Waals surface area contributed by atoms with Gasteiger partial charge in [0, 0.05) is 12.0 Å². The predicted molar refractivity (Wildman–Crippen MR) is 105 cm³/mol. The summed E-state index contributed by atoms with van der Waals surface area (Å²) in [4.78, 5) is 12.2. The summed E-state index contributed by atoms with van der Waals surface area (Å²) in [7, 11) is 3.14. The first kappa shape index (κ1) is 18.6. The van der Waals surface area contributed by atoms with Gasteiger partial charge < -0.3 is 19.9 Å². The summed E-state index contributed by atoms with van der Waals surface area (Å²) in [6, 6.07) is 16.2. The maximum atomic E-state index is 12.2. The largest absolute Gasteiger partial charge is 0.508 e. The number of carbonyl (C=O) groups is 1. The standard InChI is InChI=1S/C22H23NO4/c1-4-20(25)23-22(15-10-12-18(26-2)19(13-15)27-3)21-16-8-6-5-7-14(16)9-11-17(21)24/h5-13,22,24H,4H2,1-3H3,(H,23,25)/t22-/m0/s1. The summed E-state index contributed by atoms with van der Waals surface area (Å²) in [6.07, 6.45) is 0.343. The van der Waals surface area contributed by atoms with Crippen LogP contribution in [-0.2, 0) is 4.79 Å². The van der Waals surface area contributed by atoms with Gasteiger partial charge in [0.1, 0.15) is 5.75 Å². The molecule has 0 spiro atoms. The molecule has 0 saturated heterocycles. The van der Waals surface area contributed by atoms with Crippen molar-refractivity contribution in [1.82, 2.24) is 5.32 Å². The summed E-state index contributed by atoms with van der Waals surface area (Å²) in [5, 5.41) is 15.5. The number of benzene rings is 3. The van der Waals surface area contributed by atoms with Crippen molar-refractivity contribution in [3.8, 4) is 17.2 Å². The number of carbonyl (C=O) groups excluding carboxylic acids is 1. The van der Waals surface area contributed by atoms with Gasteiger partial charge in [-0.05, 0) is 34.5 Å². The monoisotopic (exact) mass is 365 g/mol. The molecule has 2 N–H and O–H groups in total. The molecule has 0 heterocycles. The number of hydrogen-bond acceptors (Lipinski definition) is 4. The molecule has 3 rings (SSSR count). The average Bonchev–Trinajstić information content (AvgIpc) is 2.71. The lowest BCUT2D eigenvalue weighted by atomic mass is 9.92. The second-order valence-corrected chi connectivity index (χ2v) is 6.19. The van der Waals surface area contributed by atoms with Gasteiger partial charge in [-0.2, -0.15) is 0 Å². The van der Waals surface area contributed by atoms with Crippen LogP contribution in [0.25, 0.3) is 10.8 Å². The Morgan fingerprint density at radius 2 is 1.78 bits per heavy atom.